The van der Waals surface area contributed by atoms with Crippen LogP contribution < -0.4 is 5.32 Å². The van der Waals surface area contributed by atoms with Crippen LogP contribution in [0.4, 0.5) is 5.69 Å². The molecular formula is C20H24Cl2N6S. The SMILES string of the molecule is CCn1ccc(CN(C)C(=S)Nc2c(C)nn(Cc3ccc(Cl)cc3Cl)c2C)n1. The molecule has 0 fully saturated rings. The minimum absolute atomic E-state index is 0.557. The number of rotatable bonds is 6. The van der Waals surface area contributed by atoms with Gasteiger partial charge in [-0.3, -0.25) is 9.36 Å². The van der Waals surface area contributed by atoms with Gasteiger partial charge in [-0.2, -0.15) is 10.2 Å². The first kappa shape index (κ1) is 21.6. The molecule has 0 bridgehead atoms. The summed E-state index contributed by atoms with van der Waals surface area (Å²) in [5, 5.41) is 14.4. The molecule has 0 aliphatic rings. The number of nitrogens with one attached hydrogen (secondary N) is 1. The number of halogens is 2. The summed E-state index contributed by atoms with van der Waals surface area (Å²) in [6.07, 6.45) is 1.97. The molecule has 0 saturated heterocycles. The Kier molecular flexibility index (Phi) is 6.82. The third-order valence-corrected chi connectivity index (χ3v) is 5.72. The highest BCUT2D eigenvalue weighted by atomic mass is 35.5. The number of aryl methyl sites for hydroxylation is 2. The van der Waals surface area contributed by atoms with E-state index in [1.807, 2.05) is 59.6 Å². The highest BCUT2D eigenvalue weighted by Gasteiger charge is 2.16. The Bertz CT molecular complexity index is 1030. The summed E-state index contributed by atoms with van der Waals surface area (Å²) in [7, 11) is 1.95. The van der Waals surface area contributed by atoms with Crippen LogP contribution in [0, 0.1) is 13.8 Å². The number of thiocarbonyl (C=S) groups is 1. The van der Waals surface area contributed by atoms with Crippen LogP contribution in [0.1, 0.15) is 29.6 Å². The summed E-state index contributed by atoms with van der Waals surface area (Å²) in [4.78, 5) is 1.96. The second-order valence-corrected chi connectivity index (χ2v) is 8.12. The molecule has 29 heavy (non-hydrogen) atoms. The van der Waals surface area contributed by atoms with Gasteiger partial charge in [-0.05, 0) is 56.8 Å². The van der Waals surface area contributed by atoms with Gasteiger partial charge >= 0.3 is 0 Å². The first-order valence-electron chi connectivity index (χ1n) is 9.30. The Morgan fingerprint density at radius 3 is 2.62 bits per heavy atom. The molecule has 9 heteroatoms. The van der Waals surface area contributed by atoms with Crippen LogP contribution >= 0.6 is 35.4 Å². The standard InChI is InChI=1S/C20H24Cl2N6S/c1-5-27-9-8-17(25-27)12-26(4)20(29)23-19-13(2)24-28(14(19)3)11-15-6-7-16(21)10-18(15)22/h6-10H,5,11-12H2,1-4H3,(H,23,29). The Morgan fingerprint density at radius 1 is 1.21 bits per heavy atom. The first-order valence-corrected chi connectivity index (χ1v) is 10.5. The lowest BCUT2D eigenvalue weighted by Gasteiger charge is -2.20. The molecule has 154 valence electrons. The van der Waals surface area contributed by atoms with Crippen LogP contribution in [0.2, 0.25) is 10.0 Å². The molecule has 0 saturated carbocycles. The largest absolute Gasteiger partial charge is 0.346 e. The molecule has 0 unspecified atom stereocenters. The Morgan fingerprint density at radius 2 is 1.97 bits per heavy atom. The monoisotopic (exact) mass is 450 g/mol. The van der Waals surface area contributed by atoms with Gasteiger partial charge in [0.25, 0.3) is 0 Å². The minimum Gasteiger partial charge on any atom is -0.346 e. The average Bonchev–Trinajstić information content (AvgIpc) is 3.23. The molecule has 2 aromatic heterocycles. The Labute approximate surface area is 186 Å². The van der Waals surface area contributed by atoms with Gasteiger partial charge < -0.3 is 10.2 Å². The van der Waals surface area contributed by atoms with Gasteiger partial charge in [-0.1, -0.05) is 29.3 Å². The minimum atomic E-state index is 0.557. The van der Waals surface area contributed by atoms with Crippen molar-refractivity contribution in [1.29, 1.82) is 0 Å². The molecule has 3 aromatic rings. The van der Waals surface area contributed by atoms with Gasteiger partial charge in [0.05, 0.1) is 35.9 Å². The van der Waals surface area contributed by atoms with E-state index < -0.39 is 0 Å². The van der Waals surface area contributed by atoms with Crippen molar-refractivity contribution in [3.63, 3.8) is 0 Å². The Hall–Kier alpha value is -2.09. The van der Waals surface area contributed by atoms with Gasteiger partial charge in [0.1, 0.15) is 0 Å². The molecule has 2 heterocycles. The van der Waals surface area contributed by atoms with E-state index >= 15 is 0 Å². The molecule has 0 spiro atoms. The zero-order chi connectivity index (χ0) is 21.1. The molecule has 0 amide bonds. The summed E-state index contributed by atoms with van der Waals surface area (Å²) in [6, 6.07) is 7.50. The van der Waals surface area contributed by atoms with E-state index in [4.69, 9.17) is 35.4 Å². The second-order valence-electron chi connectivity index (χ2n) is 6.89. The average molecular weight is 451 g/mol. The molecule has 0 aliphatic heterocycles. The van der Waals surface area contributed by atoms with E-state index in [2.05, 4.69) is 22.4 Å². The second kappa shape index (κ2) is 9.15. The predicted octanol–water partition coefficient (Wildman–Crippen LogP) is 4.90. The fourth-order valence-corrected chi connectivity index (χ4v) is 3.66. The first-order chi connectivity index (χ1) is 13.8. The molecule has 0 aliphatic carbocycles. The zero-order valence-corrected chi connectivity index (χ0v) is 19.2. The molecule has 0 radical (unpaired) electrons. The van der Waals surface area contributed by atoms with Crippen molar-refractivity contribution in [2.45, 2.75) is 40.4 Å². The van der Waals surface area contributed by atoms with E-state index in [-0.39, 0.29) is 0 Å². The van der Waals surface area contributed by atoms with Gasteiger partial charge in [-0.15, -0.1) is 0 Å². The summed E-state index contributed by atoms with van der Waals surface area (Å²) in [6.45, 7) is 8.07. The molecular weight excluding hydrogens is 427 g/mol. The van der Waals surface area contributed by atoms with Gasteiger partial charge in [-0.25, -0.2) is 0 Å². The van der Waals surface area contributed by atoms with E-state index in [1.54, 1.807) is 6.07 Å². The van der Waals surface area contributed by atoms with Crippen LogP contribution in [-0.4, -0.2) is 36.6 Å². The summed E-state index contributed by atoms with van der Waals surface area (Å²) in [5.41, 5.74) is 4.70. The normalized spacial score (nSPS) is 11.0. The van der Waals surface area contributed by atoms with E-state index in [1.165, 1.54) is 0 Å². The van der Waals surface area contributed by atoms with Crippen LogP contribution in [0.25, 0.3) is 0 Å². The topological polar surface area (TPSA) is 50.9 Å². The molecule has 1 N–H and O–H groups in total. The lowest BCUT2D eigenvalue weighted by Crippen LogP contribution is -2.31. The van der Waals surface area contributed by atoms with Crippen LogP contribution in [0.15, 0.2) is 30.5 Å². The van der Waals surface area contributed by atoms with Crippen molar-refractivity contribution in [2.75, 3.05) is 12.4 Å². The van der Waals surface area contributed by atoms with Gasteiger partial charge in [0, 0.05) is 29.8 Å². The molecule has 1 aromatic carbocycles. The maximum Gasteiger partial charge on any atom is 0.173 e. The molecule has 6 nitrogen and oxygen atoms in total. The van der Waals surface area contributed by atoms with Gasteiger partial charge in [0.2, 0.25) is 0 Å². The van der Waals surface area contributed by atoms with Crippen molar-refractivity contribution in [2.24, 2.45) is 0 Å². The predicted molar refractivity (Wildman–Crippen MR) is 123 cm³/mol. The number of anilines is 1. The summed E-state index contributed by atoms with van der Waals surface area (Å²) in [5.74, 6) is 0. The third kappa shape index (κ3) is 5.10. The number of nitrogens with zero attached hydrogens (tertiary/aromatic N) is 5. The number of benzene rings is 1. The summed E-state index contributed by atoms with van der Waals surface area (Å²) < 4.78 is 3.82. The third-order valence-electron chi connectivity index (χ3n) is 4.71. The maximum atomic E-state index is 6.32. The highest BCUT2D eigenvalue weighted by molar-refractivity contribution is 7.80. The highest BCUT2D eigenvalue weighted by Crippen LogP contribution is 2.25. The van der Waals surface area contributed by atoms with Crippen molar-refractivity contribution in [1.82, 2.24) is 24.5 Å². The number of hydrogen-bond donors (Lipinski definition) is 1. The van der Waals surface area contributed by atoms with Crippen molar-refractivity contribution >= 4 is 46.2 Å². The lowest BCUT2D eigenvalue weighted by molar-refractivity contribution is 0.492. The summed E-state index contributed by atoms with van der Waals surface area (Å²) >= 11 is 17.9. The maximum absolute atomic E-state index is 6.32. The fraction of sp³-hybridized carbons (Fsp3) is 0.350. The van der Waals surface area contributed by atoms with E-state index in [0.29, 0.717) is 28.2 Å². The van der Waals surface area contributed by atoms with Crippen molar-refractivity contribution < 1.29 is 0 Å². The fourth-order valence-electron chi connectivity index (χ4n) is 3.02. The zero-order valence-electron chi connectivity index (χ0n) is 16.9. The van der Waals surface area contributed by atoms with E-state index in [0.717, 1.165) is 34.9 Å². The lowest BCUT2D eigenvalue weighted by atomic mass is 10.2. The number of hydrogen-bond acceptors (Lipinski definition) is 3. The van der Waals surface area contributed by atoms with E-state index in [9.17, 15) is 0 Å². The smallest absolute Gasteiger partial charge is 0.173 e. The van der Waals surface area contributed by atoms with Crippen molar-refractivity contribution in [3.05, 3.63) is 63.2 Å². The van der Waals surface area contributed by atoms with Crippen LogP contribution in [0.5, 0.6) is 0 Å². The molecule has 3 rings (SSSR count). The van der Waals surface area contributed by atoms with Crippen LogP contribution in [0.3, 0.4) is 0 Å². The van der Waals surface area contributed by atoms with Crippen LogP contribution in [-0.2, 0) is 19.6 Å². The van der Waals surface area contributed by atoms with Gasteiger partial charge in [0.15, 0.2) is 5.11 Å². The Balaban J connectivity index is 1.71. The molecule has 0 atom stereocenters. The number of aromatic nitrogens is 4. The van der Waals surface area contributed by atoms with Crippen molar-refractivity contribution in [3.8, 4) is 0 Å². The quantitative estimate of drug-likeness (QED) is 0.541.